The molecule has 0 bridgehead atoms. The topological polar surface area (TPSA) is 83.1 Å². The zero-order chi connectivity index (χ0) is 21.4. The molecule has 2 aromatic carbocycles. The number of ether oxygens (including phenoxy) is 4. The van der Waals surface area contributed by atoms with Gasteiger partial charge in [0.05, 0.1) is 21.3 Å². The fourth-order valence-corrected chi connectivity index (χ4v) is 2.80. The first-order valence-electron chi connectivity index (χ1n) is 9.23. The third-order valence-electron chi connectivity index (χ3n) is 4.31. The van der Waals surface area contributed by atoms with Gasteiger partial charge in [-0.05, 0) is 55.7 Å². The molecule has 0 fully saturated rings. The molecule has 0 aromatic heterocycles. The van der Waals surface area contributed by atoms with Crippen LogP contribution in [0, 0.1) is 6.92 Å². The molecule has 1 N–H and O–H groups in total. The molecule has 1 amide bonds. The van der Waals surface area contributed by atoms with Crippen LogP contribution in [0.4, 0.5) is 5.69 Å². The number of carbonyl (C=O) groups excluding carboxylic acids is 2. The number of benzene rings is 2. The highest BCUT2D eigenvalue weighted by atomic mass is 16.5. The number of nitrogens with one attached hydrogen (secondary N) is 1. The lowest BCUT2D eigenvalue weighted by atomic mass is 10.1. The fourth-order valence-electron chi connectivity index (χ4n) is 2.80. The Balaban J connectivity index is 1.93. The van der Waals surface area contributed by atoms with Gasteiger partial charge in [0.1, 0.15) is 0 Å². The van der Waals surface area contributed by atoms with Crippen LogP contribution in [0.15, 0.2) is 36.4 Å². The van der Waals surface area contributed by atoms with Crippen LogP contribution in [0.5, 0.6) is 17.2 Å². The van der Waals surface area contributed by atoms with Crippen LogP contribution < -0.4 is 19.5 Å². The second kappa shape index (κ2) is 10.4. The maximum atomic E-state index is 12.2. The van der Waals surface area contributed by atoms with Crippen LogP contribution in [0.1, 0.15) is 24.5 Å². The van der Waals surface area contributed by atoms with E-state index in [4.69, 9.17) is 18.9 Å². The minimum Gasteiger partial charge on any atom is -0.493 e. The molecule has 7 nitrogen and oxygen atoms in total. The Hall–Kier alpha value is -3.22. The van der Waals surface area contributed by atoms with Crippen molar-refractivity contribution in [2.45, 2.75) is 32.8 Å². The number of anilines is 1. The highest BCUT2D eigenvalue weighted by Gasteiger charge is 2.19. The van der Waals surface area contributed by atoms with Crippen LogP contribution >= 0.6 is 0 Å². The first-order chi connectivity index (χ1) is 13.9. The van der Waals surface area contributed by atoms with Gasteiger partial charge in [-0.25, -0.2) is 0 Å². The summed E-state index contributed by atoms with van der Waals surface area (Å²) < 4.78 is 21.2. The Morgan fingerprint density at radius 1 is 1.00 bits per heavy atom. The second-order valence-corrected chi connectivity index (χ2v) is 6.52. The Morgan fingerprint density at radius 2 is 1.66 bits per heavy atom. The smallest absolute Gasteiger partial charge is 0.306 e. The summed E-state index contributed by atoms with van der Waals surface area (Å²) >= 11 is 0. The average molecular weight is 401 g/mol. The summed E-state index contributed by atoms with van der Waals surface area (Å²) in [6.07, 6.45) is -0.384. The number of methoxy groups -OCH3 is 3. The number of rotatable bonds is 9. The number of hydrogen-bond donors (Lipinski definition) is 1. The predicted molar refractivity (Wildman–Crippen MR) is 110 cm³/mol. The maximum absolute atomic E-state index is 12.2. The largest absolute Gasteiger partial charge is 0.493 e. The van der Waals surface area contributed by atoms with Crippen molar-refractivity contribution in [2.75, 3.05) is 26.6 Å². The minimum absolute atomic E-state index is 0.112. The number of carbonyl (C=O) groups is 2. The molecule has 2 aromatic rings. The van der Waals surface area contributed by atoms with E-state index in [1.807, 2.05) is 25.1 Å². The van der Waals surface area contributed by atoms with Gasteiger partial charge in [0.25, 0.3) is 5.91 Å². The molecule has 0 saturated carbocycles. The molecule has 0 saturated heterocycles. The van der Waals surface area contributed by atoms with Crippen molar-refractivity contribution in [1.82, 2.24) is 0 Å². The van der Waals surface area contributed by atoms with Crippen molar-refractivity contribution in [1.29, 1.82) is 0 Å². The van der Waals surface area contributed by atoms with E-state index in [-0.39, 0.29) is 12.3 Å². The fraction of sp³-hybridized carbons (Fsp3) is 0.364. The summed E-state index contributed by atoms with van der Waals surface area (Å²) in [4.78, 5) is 24.4. The Kier molecular flexibility index (Phi) is 7.88. The van der Waals surface area contributed by atoms with E-state index in [0.717, 1.165) is 11.1 Å². The molecule has 0 unspecified atom stereocenters. The van der Waals surface area contributed by atoms with Crippen LogP contribution in [0.2, 0.25) is 0 Å². The molecule has 29 heavy (non-hydrogen) atoms. The van der Waals surface area contributed by atoms with Crippen molar-refractivity contribution < 1.29 is 28.5 Å². The van der Waals surface area contributed by atoms with Gasteiger partial charge in [0.2, 0.25) is 5.75 Å². The van der Waals surface area contributed by atoms with Gasteiger partial charge in [-0.1, -0.05) is 12.1 Å². The number of esters is 1. The monoisotopic (exact) mass is 401 g/mol. The van der Waals surface area contributed by atoms with Crippen molar-refractivity contribution >= 4 is 17.6 Å². The van der Waals surface area contributed by atoms with E-state index < -0.39 is 12.1 Å². The molecule has 0 spiro atoms. The SMILES string of the molecule is COc1cc(CCC(=O)O[C@H](C)C(=O)Nc2cccc(C)c2)cc(OC)c1OC. The first-order valence-corrected chi connectivity index (χ1v) is 9.23. The second-order valence-electron chi connectivity index (χ2n) is 6.52. The quantitative estimate of drug-likeness (QED) is 0.648. The Bertz CT molecular complexity index is 839. The number of aryl methyl sites for hydroxylation is 2. The third kappa shape index (κ3) is 6.14. The van der Waals surface area contributed by atoms with Crippen LogP contribution in [0.3, 0.4) is 0 Å². The van der Waals surface area contributed by atoms with Gasteiger partial charge >= 0.3 is 5.97 Å². The molecule has 1 atom stereocenters. The lowest BCUT2D eigenvalue weighted by Gasteiger charge is -2.15. The molecule has 0 aliphatic rings. The van der Waals surface area contributed by atoms with Crippen molar-refractivity contribution in [3.05, 3.63) is 47.5 Å². The highest BCUT2D eigenvalue weighted by molar-refractivity contribution is 5.95. The van der Waals surface area contributed by atoms with E-state index in [1.54, 1.807) is 25.1 Å². The Morgan fingerprint density at radius 3 is 2.21 bits per heavy atom. The number of amides is 1. The summed E-state index contributed by atoms with van der Waals surface area (Å²) in [6, 6.07) is 11.0. The highest BCUT2D eigenvalue weighted by Crippen LogP contribution is 2.38. The zero-order valence-corrected chi connectivity index (χ0v) is 17.4. The van der Waals surface area contributed by atoms with E-state index in [1.165, 1.54) is 21.3 Å². The first kappa shape index (κ1) is 22.1. The van der Waals surface area contributed by atoms with Crippen molar-refractivity contribution in [3.63, 3.8) is 0 Å². The van der Waals surface area contributed by atoms with E-state index in [0.29, 0.717) is 29.4 Å². The minimum atomic E-state index is -0.900. The summed E-state index contributed by atoms with van der Waals surface area (Å²) in [6.45, 7) is 3.48. The van der Waals surface area contributed by atoms with E-state index >= 15 is 0 Å². The number of hydrogen-bond acceptors (Lipinski definition) is 6. The Labute approximate surface area is 170 Å². The molecule has 2 rings (SSSR count). The molecule has 0 aliphatic heterocycles. The van der Waals surface area contributed by atoms with Gasteiger partial charge in [0, 0.05) is 12.1 Å². The van der Waals surface area contributed by atoms with Gasteiger partial charge < -0.3 is 24.3 Å². The molecule has 0 heterocycles. The summed E-state index contributed by atoms with van der Waals surface area (Å²) in [5.41, 5.74) is 2.52. The maximum Gasteiger partial charge on any atom is 0.306 e. The van der Waals surface area contributed by atoms with Crippen LogP contribution in [0.25, 0.3) is 0 Å². The van der Waals surface area contributed by atoms with Gasteiger partial charge in [0.15, 0.2) is 17.6 Å². The van der Waals surface area contributed by atoms with E-state index in [2.05, 4.69) is 5.32 Å². The lowest BCUT2D eigenvalue weighted by Crippen LogP contribution is -2.30. The van der Waals surface area contributed by atoms with Crippen LogP contribution in [-0.4, -0.2) is 39.3 Å². The normalized spacial score (nSPS) is 11.3. The van der Waals surface area contributed by atoms with Crippen molar-refractivity contribution in [3.8, 4) is 17.2 Å². The van der Waals surface area contributed by atoms with Gasteiger partial charge in [-0.2, -0.15) is 0 Å². The van der Waals surface area contributed by atoms with E-state index in [9.17, 15) is 9.59 Å². The summed E-state index contributed by atoms with van der Waals surface area (Å²) in [7, 11) is 4.59. The summed E-state index contributed by atoms with van der Waals surface area (Å²) in [5.74, 6) is 0.674. The van der Waals surface area contributed by atoms with Gasteiger partial charge in [-0.3, -0.25) is 9.59 Å². The lowest BCUT2D eigenvalue weighted by molar-refractivity contribution is -0.153. The molecule has 0 radical (unpaired) electrons. The van der Waals surface area contributed by atoms with Crippen LogP contribution in [-0.2, 0) is 20.7 Å². The molecular weight excluding hydrogens is 374 g/mol. The van der Waals surface area contributed by atoms with Gasteiger partial charge in [-0.15, -0.1) is 0 Å². The predicted octanol–water partition coefficient (Wildman–Crippen LogP) is 3.52. The zero-order valence-electron chi connectivity index (χ0n) is 17.4. The standard InChI is InChI=1S/C22H27NO6/c1-14-7-6-8-17(11-14)23-22(25)15(2)29-20(24)10-9-16-12-18(26-3)21(28-5)19(13-16)27-4/h6-8,11-13,15H,9-10H2,1-5H3,(H,23,25)/t15-/m1/s1. The molecule has 156 valence electrons. The molecule has 0 aliphatic carbocycles. The third-order valence-corrected chi connectivity index (χ3v) is 4.31. The van der Waals surface area contributed by atoms with Crippen molar-refractivity contribution in [2.24, 2.45) is 0 Å². The average Bonchev–Trinajstić information content (AvgIpc) is 2.71. The molecular formula is C22H27NO6. The summed E-state index contributed by atoms with van der Waals surface area (Å²) in [5, 5.41) is 2.74. The molecule has 7 heteroatoms.